The summed E-state index contributed by atoms with van der Waals surface area (Å²) in [6.45, 7) is 9.23. The van der Waals surface area contributed by atoms with Crippen LogP contribution in [0.2, 0.25) is 0 Å². The molecule has 0 bridgehead atoms. The van der Waals surface area contributed by atoms with Crippen molar-refractivity contribution in [1.29, 1.82) is 0 Å². The van der Waals surface area contributed by atoms with Gasteiger partial charge in [0.05, 0.1) is 13.2 Å². The van der Waals surface area contributed by atoms with Gasteiger partial charge in [-0.2, -0.15) is 0 Å². The van der Waals surface area contributed by atoms with Crippen LogP contribution in [0.3, 0.4) is 0 Å². The highest BCUT2D eigenvalue weighted by Crippen LogP contribution is 2.48. The van der Waals surface area contributed by atoms with Crippen molar-refractivity contribution < 1.29 is 9.53 Å². The Labute approximate surface area is 109 Å². The SMILES string of the molecule is CCN1C(=O)c2cccc(OC)c2C1C(C)(C)C. The summed E-state index contributed by atoms with van der Waals surface area (Å²) in [4.78, 5) is 14.4. The average Bonchev–Trinajstić information content (AvgIpc) is 2.62. The van der Waals surface area contributed by atoms with E-state index in [1.165, 1.54) is 0 Å². The summed E-state index contributed by atoms with van der Waals surface area (Å²) in [5.41, 5.74) is 1.82. The molecule has 1 unspecified atom stereocenters. The largest absolute Gasteiger partial charge is 0.496 e. The van der Waals surface area contributed by atoms with Crippen LogP contribution in [0, 0.1) is 5.41 Å². The second-order valence-corrected chi connectivity index (χ2v) is 5.78. The Bertz CT molecular complexity index is 474. The molecule has 0 fully saturated rings. The minimum absolute atomic E-state index is 0.00838. The van der Waals surface area contributed by atoms with Crippen molar-refractivity contribution in [3.05, 3.63) is 29.3 Å². The molecule has 0 aromatic heterocycles. The zero-order valence-electron chi connectivity index (χ0n) is 11.8. The number of carbonyl (C=O) groups is 1. The number of hydrogen-bond donors (Lipinski definition) is 0. The van der Waals surface area contributed by atoms with Crippen LogP contribution in [0.15, 0.2) is 18.2 Å². The van der Waals surface area contributed by atoms with Gasteiger partial charge in [-0.05, 0) is 24.5 Å². The van der Waals surface area contributed by atoms with E-state index in [1.54, 1.807) is 7.11 Å². The molecule has 1 atom stereocenters. The molecule has 0 aliphatic carbocycles. The first-order valence-electron chi connectivity index (χ1n) is 6.39. The monoisotopic (exact) mass is 247 g/mol. The predicted octanol–water partition coefficient (Wildman–Crippen LogP) is 3.26. The summed E-state index contributed by atoms with van der Waals surface area (Å²) in [7, 11) is 1.66. The minimum atomic E-state index is -0.00838. The maximum atomic E-state index is 12.4. The molecule has 0 radical (unpaired) electrons. The maximum Gasteiger partial charge on any atom is 0.254 e. The summed E-state index contributed by atoms with van der Waals surface area (Å²) < 4.78 is 5.44. The van der Waals surface area contributed by atoms with Gasteiger partial charge in [-0.15, -0.1) is 0 Å². The fraction of sp³-hybridized carbons (Fsp3) is 0.533. The van der Waals surface area contributed by atoms with E-state index in [2.05, 4.69) is 20.8 Å². The second-order valence-electron chi connectivity index (χ2n) is 5.78. The van der Waals surface area contributed by atoms with Crippen molar-refractivity contribution in [2.75, 3.05) is 13.7 Å². The van der Waals surface area contributed by atoms with Gasteiger partial charge in [-0.25, -0.2) is 0 Å². The van der Waals surface area contributed by atoms with Crippen LogP contribution in [0.25, 0.3) is 0 Å². The first-order chi connectivity index (χ1) is 8.41. The Kier molecular flexibility index (Phi) is 3.09. The van der Waals surface area contributed by atoms with E-state index in [4.69, 9.17) is 4.74 Å². The van der Waals surface area contributed by atoms with E-state index in [9.17, 15) is 4.79 Å². The smallest absolute Gasteiger partial charge is 0.254 e. The molecule has 98 valence electrons. The molecule has 2 rings (SSSR count). The molecular formula is C15H21NO2. The van der Waals surface area contributed by atoms with Crippen LogP contribution in [0.4, 0.5) is 0 Å². The summed E-state index contributed by atoms with van der Waals surface area (Å²) in [5, 5.41) is 0. The number of nitrogens with zero attached hydrogens (tertiary/aromatic N) is 1. The normalized spacial score (nSPS) is 19.1. The molecule has 0 spiro atoms. The van der Waals surface area contributed by atoms with Crippen LogP contribution >= 0.6 is 0 Å². The van der Waals surface area contributed by atoms with Crippen LogP contribution in [-0.2, 0) is 0 Å². The number of ether oxygens (including phenoxy) is 1. The predicted molar refractivity (Wildman–Crippen MR) is 71.9 cm³/mol. The van der Waals surface area contributed by atoms with Gasteiger partial charge in [-0.1, -0.05) is 26.8 Å². The zero-order valence-corrected chi connectivity index (χ0v) is 11.8. The first kappa shape index (κ1) is 12.9. The topological polar surface area (TPSA) is 29.5 Å². The van der Waals surface area contributed by atoms with Gasteiger partial charge < -0.3 is 9.64 Å². The van der Waals surface area contributed by atoms with Crippen molar-refractivity contribution in [1.82, 2.24) is 4.90 Å². The highest BCUT2D eigenvalue weighted by Gasteiger charge is 2.44. The van der Waals surface area contributed by atoms with E-state index in [0.717, 1.165) is 23.4 Å². The van der Waals surface area contributed by atoms with E-state index >= 15 is 0 Å². The third-order valence-corrected chi connectivity index (χ3v) is 3.52. The third-order valence-electron chi connectivity index (χ3n) is 3.52. The van der Waals surface area contributed by atoms with Gasteiger partial charge >= 0.3 is 0 Å². The highest BCUT2D eigenvalue weighted by molar-refractivity contribution is 6.00. The Morgan fingerprint density at radius 3 is 2.50 bits per heavy atom. The summed E-state index contributed by atoms with van der Waals surface area (Å²) in [6, 6.07) is 5.80. The molecule has 3 nitrogen and oxygen atoms in total. The van der Waals surface area contributed by atoms with Crippen LogP contribution in [0.5, 0.6) is 5.75 Å². The molecule has 18 heavy (non-hydrogen) atoms. The molecule has 3 heteroatoms. The standard InChI is InChI=1S/C15H21NO2/c1-6-16-13(15(2,3)4)12-10(14(16)17)8-7-9-11(12)18-5/h7-9,13H,6H2,1-5H3. The van der Waals surface area contributed by atoms with Gasteiger partial charge in [0.15, 0.2) is 0 Å². The Morgan fingerprint density at radius 1 is 1.33 bits per heavy atom. The lowest BCUT2D eigenvalue weighted by Crippen LogP contribution is -2.35. The van der Waals surface area contributed by atoms with E-state index in [0.29, 0.717) is 0 Å². The van der Waals surface area contributed by atoms with Gasteiger partial charge in [0.25, 0.3) is 5.91 Å². The zero-order chi connectivity index (χ0) is 13.5. The average molecular weight is 247 g/mol. The van der Waals surface area contributed by atoms with Crippen molar-refractivity contribution in [3.63, 3.8) is 0 Å². The lowest BCUT2D eigenvalue weighted by molar-refractivity contribution is 0.0605. The highest BCUT2D eigenvalue weighted by atomic mass is 16.5. The minimum Gasteiger partial charge on any atom is -0.496 e. The number of fused-ring (bicyclic) bond motifs is 1. The molecule has 1 aliphatic rings. The number of amides is 1. The summed E-state index contributed by atoms with van der Waals surface area (Å²) in [6.07, 6.45) is 0. The van der Waals surface area contributed by atoms with Crippen molar-refractivity contribution >= 4 is 5.91 Å². The van der Waals surface area contributed by atoms with Crippen LogP contribution in [-0.4, -0.2) is 24.5 Å². The van der Waals surface area contributed by atoms with Gasteiger partial charge in [0.1, 0.15) is 5.75 Å². The van der Waals surface area contributed by atoms with Gasteiger partial charge in [-0.3, -0.25) is 4.79 Å². The number of rotatable bonds is 2. The van der Waals surface area contributed by atoms with Crippen LogP contribution in [0.1, 0.15) is 49.7 Å². The maximum absolute atomic E-state index is 12.4. The molecule has 0 N–H and O–H groups in total. The third kappa shape index (κ3) is 1.78. The Balaban J connectivity index is 2.65. The lowest BCUT2D eigenvalue weighted by atomic mass is 9.82. The molecule has 1 heterocycles. The number of carbonyl (C=O) groups excluding carboxylic acids is 1. The number of benzene rings is 1. The van der Waals surface area contributed by atoms with Gasteiger partial charge in [0, 0.05) is 17.7 Å². The van der Waals surface area contributed by atoms with Crippen molar-refractivity contribution in [3.8, 4) is 5.75 Å². The van der Waals surface area contributed by atoms with Crippen molar-refractivity contribution in [2.45, 2.75) is 33.7 Å². The fourth-order valence-electron chi connectivity index (χ4n) is 2.85. The quantitative estimate of drug-likeness (QED) is 0.802. The molecule has 0 saturated heterocycles. The van der Waals surface area contributed by atoms with E-state index in [1.807, 2.05) is 30.0 Å². The molecule has 1 aromatic rings. The summed E-state index contributed by atoms with van der Waals surface area (Å²) in [5.74, 6) is 0.933. The van der Waals surface area contributed by atoms with Gasteiger partial charge in [0.2, 0.25) is 0 Å². The first-order valence-corrected chi connectivity index (χ1v) is 6.39. The molecular weight excluding hydrogens is 226 g/mol. The Hall–Kier alpha value is -1.51. The number of hydrogen-bond acceptors (Lipinski definition) is 2. The number of methoxy groups -OCH3 is 1. The molecule has 1 amide bonds. The van der Waals surface area contributed by atoms with E-state index in [-0.39, 0.29) is 17.4 Å². The molecule has 0 saturated carbocycles. The van der Waals surface area contributed by atoms with E-state index < -0.39 is 0 Å². The molecule has 1 aliphatic heterocycles. The van der Waals surface area contributed by atoms with Crippen LogP contribution < -0.4 is 4.74 Å². The summed E-state index contributed by atoms with van der Waals surface area (Å²) >= 11 is 0. The second kappa shape index (κ2) is 4.30. The Morgan fingerprint density at radius 2 is 2.00 bits per heavy atom. The molecule has 1 aromatic carbocycles. The van der Waals surface area contributed by atoms with Crippen molar-refractivity contribution in [2.24, 2.45) is 5.41 Å². The fourth-order valence-corrected chi connectivity index (χ4v) is 2.85. The lowest BCUT2D eigenvalue weighted by Gasteiger charge is -2.35.